The molecule has 5 nitrogen and oxygen atoms in total. The molecule has 1 aromatic rings. The Morgan fingerprint density at radius 2 is 1.90 bits per heavy atom. The Morgan fingerprint density at radius 1 is 1.24 bits per heavy atom. The van der Waals surface area contributed by atoms with Crippen molar-refractivity contribution in [3.05, 3.63) is 41.1 Å². The van der Waals surface area contributed by atoms with Gasteiger partial charge in [0.25, 0.3) is 5.91 Å². The second-order valence-corrected chi connectivity index (χ2v) is 5.41. The van der Waals surface area contributed by atoms with Crippen LogP contribution in [0.1, 0.15) is 6.92 Å². The highest BCUT2D eigenvalue weighted by molar-refractivity contribution is 6.31. The molecule has 0 N–H and O–H groups in total. The van der Waals surface area contributed by atoms with Crippen molar-refractivity contribution in [2.24, 2.45) is 5.10 Å². The van der Waals surface area contributed by atoms with Gasteiger partial charge < -0.3 is 9.64 Å². The first kappa shape index (κ1) is 14.1. The molecule has 2 heterocycles. The summed E-state index contributed by atoms with van der Waals surface area (Å²) < 4.78 is 5.31. The van der Waals surface area contributed by atoms with Crippen molar-refractivity contribution in [2.75, 3.05) is 31.3 Å². The van der Waals surface area contributed by atoms with E-state index in [1.54, 1.807) is 24.3 Å². The topological polar surface area (TPSA) is 45.1 Å². The number of hydrogen-bond donors (Lipinski definition) is 0. The Balaban J connectivity index is 1.83. The van der Waals surface area contributed by atoms with E-state index >= 15 is 0 Å². The lowest BCUT2D eigenvalue weighted by Gasteiger charge is -2.25. The van der Waals surface area contributed by atoms with Gasteiger partial charge in [0, 0.05) is 24.3 Å². The number of hydrogen-bond acceptors (Lipinski definition) is 4. The molecule has 0 aliphatic carbocycles. The predicted molar refractivity (Wildman–Crippen MR) is 82.5 cm³/mol. The van der Waals surface area contributed by atoms with E-state index in [1.807, 2.05) is 13.1 Å². The van der Waals surface area contributed by atoms with Crippen LogP contribution in [0.4, 0.5) is 5.69 Å². The highest BCUT2D eigenvalue weighted by atomic mass is 35.5. The number of carbonyl (C=O) groups excluding carboxylic acids is 1. The summed E-state index contributed by atoms with van der Waals surface area (Å²) in [7, 11) is 0. The fourth-order valence-electron chi connectivity index (χ4n) is 2.31. The van der Waals surface area contributed by atoms with Crippen molar-refractivity contribution in [2.45, 2.75) is 6.92 Å². The molecule has 21 heavy (non-hydrogen) atoms. The number of rotatable bonds is 2. The molecule has 1 amide bonds. The largest absolute Gasteiger partial charge is 0.378 e. The third-order valence-corrected chi connectivity index (χ3v) is 3.74. The van der Waals surface area contributed by atoms with Crippen molar-refractivity contribution in [3.8, 4) is 0 Å². The maximum atomic E-state index is 12.5. The van der Waals surface area contributed by atoms with Gasteiger partial charge in [-0.2, -0.15) is 10.1 Å². The van der Waals surface area contributed by atoms with Gasteiger partial charge in [0.15, 0.2) is 0 Å². The monoisotopic (exact) mass is 305 g/mol. The molecule has 0 atom stereocenters. The average molecular weight is 306 g/mol. The lowest BCUT2D eigenvalue weighted by Crippen LogP contribution is -2.33. The zero-order valence-corrected chi connectivity index (χ0v) is 12.5. The van der Waals surface area contributed by atoms with Crippen LogP contribution < -0.4 is 5.01 Å². The Morgan fingerprint density at radius 3 is 2.57 bits per heavy atom. The Bertz CT molecular complexity index is 604. The predicted octanol–water partition coefficient (Wildman–Crippen LogP) is 2.28. The van der Waals surface area contributed by atoms with Crippen molar-refractivity contribution in [3.63, 3.8) is 0 Å². The summed E-state index contributed by atoms with van der Waals surface area (Å²) in [6.07, 6.45) is 1.89. The second-order valence-electron chi connectivity index (χ2n) is 4.97. The van der Waals surface area contributed by atoms with E-state index in [0.717, 1.165) is 18.8 Å². The number of morpholine rings is 1. The van der Waals surface area contributed by atoms with Gasteiger partial charge in [0.1, 0.15) is 0 Å². The molecule has 0 spiro atoms. The number of hydrazone groups is 1. The number of anilines is 1. The van der Waals surface area contributed by atoms with Crippen molar-refractivity contribution < 1.29 is 9.53 Å². The summed E-state index contributed by atoms with van der Waals surface area (Å²) in [6, 6.07) is 7.07. The molecule has 3 rings (SSSR count). The van der Waals surface area contributed by atoms with E-state index in [-0.39, 0.29) is 5.91 Å². The van der Waals surface area contributed by atoms with Gasteiger partial charge in [-0.05, 0) is 31.2 Å². The minimum Gasteiger partial charge on any atom is -0.378 e. The lowest BCUT2D eigenvalue weighted by molar-refractivity contribution is -0.114. The molecule has 6 heteroatoms. The number of carbonyl (C=O) groups is 1. The van der Waals surface area contributed by atoms with Crippen LogP contribution in [0.3, 0.4) is 0 Å². The fraction of sp³-hybridized carbons (Fsp3) is 0.333. The quantitative estimate of drug-likeness (QED) is 0.788. The van der Waals surface area contributed by atoms with E-state index in [0.29, 0.717) is 29.5 Å². The van der Waals surface area contributed by atoms with Crippen LogP contribution in [-0.4, -0.2) is 42.8 Å². The van der Waals surface area contributed by atoms with Gasteiger partial charge in [0.05, 0.1) is 30.2 Å². The van der Waals surface area contributed by atoms with E-state index in [9.17, 15) is 4.79 Å². The first-order chi connectivity index (χ1) is 10.1. The summed E-state index contributed by atoms with van der Waals surface area (Å²) in [5, 5.41) is 6.40. The standard InChI is InChI=1S/C15H16ClN3O2/c1-11-14(10-18-6-8-21-9-7-18)15(20)19(17-11)13-4-2-12(16)3-5-13/h2-5,10H,6-9H2,1H3/b14-10+. The van der Waals surface area contributed by atoms with Crippen LogP contribution in [0.25, 0.3) is 0 Å². The number of benzene rings is 1. The van der Waals surface area contributed by atoms with Crippen LogP contribution in [0.15, 0.2) is 41.1 Å². The zero-order valence-electron chi connectivity index (χ0n) is 11.8. The maximum Gasteiger partial charge on any atom is 0.282 e. The summed E-state index contributed by atoms with van der Waals surface area (Å²) in [5.41, 5.74) is 2.07. The van der Waals surface area contributed by atoms with Gasteiger partial charge >= 0.3 is 0 Å². The van der Waals surface area contributed by atoms with E-state index in [4.69, 9.17) is 16.3 Å². The van der Waals surface area contributed by atoms with E-state index < -0.39 is 0 Å². The molecule has 1 fully saturated rings. The van der Waals surface area contributed by atoms with Gasteiger partial charge in [-0.1, -0.05) is 11.6 Å². The number of ether oxygens (including phenoxy) is 1. The van der Waals surface area contributed by atoms with Gasteiger partial charge in [-0.15, -0.1) is 0 Å². The summed E-state index contributed by atoms with van der Waals surface area (Å²) in [5.74, 6) is -0.110. The normalized spacial score (nSPS) is 21.1. The van der Waals surface area contributed by atoms with Gasteiger partial charge in [-0.3, -0.25) is 4.79 Å². The Labute approximate surface area is 128 Å². The molecule has 2 aliphatic heterocycles. The van der Waals surface area contributed by atoms with Crippen molar-refractivity contribution in [1.29, 1.82) is 0 Å². The fourth-order valence-corrected chi connectivity index (χ4v) is 2.44. The highest BCUT2D eigenvalue weighted by Crippen LogP contribution is 2.25. The first-order valence-electron chi connectivity index (χ1n) is 6.84. The molecule has 110 valence electrons. The van der Waals surface area contributed by atoms with Crippen LogP contribution in [0.5, 0.6) is 0 Å². The second kappa shape index (κ2) is 5.87. The number of halogens is 1. The average Bonchev–Trinajstić information content (AvgIpc) is 2.77. The first-order valence-corrected chi connectivity index (χ1v) is 7.22. The highest BCUT2D eigenvalue weighted by Gasteiger charge is 2.29. The SMILES string of the molecule is CC1=NN(c2ccc(Cl)cc2)C(=O)/C1=C/N1CCOCC1. The van der Waals surface area contributed by atoms with Gasteiger partial charge in [-0.25, -0.2) is 0 Å². The van der Waals surface area contributed by atoms with Crippen molar-refractivity contribution >= 4 is 28.9 Å². The lowest BCUT2D eigenvalue weighted by atomic mass is 10.2. The molecular weight excluding hydrogens is 290 g/mol. The smallest absolute Gasteiger partial charge is 0.282 e. The van der Waals surface area contributed by atoms with E-state index in [2.05, 4.69) is 10.0 Å². The molecule has 1 saturated heterocycles. The minimum absolute atomic E-state index is 0.110. The number of nitrogens with zero attached hydrogens (tertiary/aromatic N) is 3. The molecular formula is C15H16ClN3O2. The third kappa shape index (κ3) is 2.94. The zero-order chi connectivity index (χ0) is 14.8. The molecule has 1 aromatic carbocycles. The minimum atomic E-state index is -0.110. The molecule has 0 unspecified atom stereocenters. The molecule has 0 aromatic heterocycles. The molecule has 0 radical (unpaired) electrons. The van der Waals surface area contributed by atoms with Crippen LogP contribution >= 0.6 is 11.6 Å². The summed E-state index contributed by atoms with van der Waals surface area (Å²) >= 11 is 5.87. The van der Waals surface area contributed by atoms with Crippen LogP contribution in [0, 0.1) is 0 Å². The Hall–Kier alpha value is -1.85. The Kier molecular flexibility index (Phi) is 3.94. The van der Waals surface area contributed by atoms with Crippen LogP contribution in [0.2, 0.25) is 5.02 Å². The third-order valence-electron chi connectivity index (χ3n) is 3.49. The van der Waals surface area contributed by atoms with Crippen LogP contribution in [-0.2, 0) is 9.53 Å². The number of amides is 1. The van der Waals surface area contributed by atoms with Gasteiger partial charge in [0.2, 0.25) is 0 Å². The summed E-state index contributed by atoms with van der Waals surface area (Å²) in [4.78, 5) is 14.6. The summed E-state index contributed by atoms with van der Waals surface area (Å²) in [6.45, 7) is 4.82. The molecule has 0 bridgehead atoms. The molecule has 2 aliphatic rings. The van der Waals surface area contributed by atoms with Crippen molar-refractivity contribution in [1.82, 2.24) is 4.90 Å². The molecule has 0 saturated carbocycles. The van der Waals surface area contributed by atoms with E-state index in [1.165, 1.54) is 5.01 Å². The maximum absolute atomic E-state index is 12.5.